The van der Waals surface area contributed by atoms with E-state index in [1.165, 1.54) is 18.5 Å². The molecule has 2 aromatic carbocycles. The number of likely N-dealkylation sites (tertiary alicyclic amines) is 1. The summed E-state index contributed by atoms with van der Waals surface area (Å²) in [6, 6.07) is 13.5. The molecule has 0 saturated carbocycles. The molecular formula is C22H22F2N4O3S2. The zero-order valence-electron chi connectivity index (χ0n) is 17.5. The molecule has 33 heavy (non-hydrogen) atoms. The highest BCUT2D eigenvalue weighted by atomic mass is 32.2. The minimum atomic E-state index is -3.86. The molecule has 0 unspecified atom stereocenters. The lowest BCUT2D eigenvalue weighted by molar-refractivity contribution is -0.0931. The Labute approximate surface area is 194 Å². The Morgan fingerprint density at radius 3 is 2.73 bits per heavy atom. The van der Waals surface area contributed by atoms with Crippen LogP contribution in [0.5, 0.6) is 5.75 Å². The number of ether oxygens (including phenoxy) is 1. The second-order valence-corrected chi connectivity index (χ2v) is 10.6. The molecular weight excluding hydrogens is 470 g/mol. The van der Waals surface area contributed by atoms with Crippen molar-refractivity contribution in [2.75, 3.05) is 17.9 Å². The number of piperidine rings is 1. The van der Waals surface area contributed by atoms with E-state index < -0.39 is 22.0 Å². The van der Waals surface area contributed by atoms with Crippen LogP contribution in [0.15, 0.2) is 59.8 Å². The molecule has 5 rings (SSSR count). The topological polar surface area (TPSA) is 84.4 Å². The minimum absolute atomic E-state index is 0.0434. The molecule has 1 saturated heterocycles. The first-order valence-electron chi connectivity index (χ1n) is 10.6. The van der Waals surface area contributed by atoms with Gasteiger partial charge in [0.15, 0.2) is 0 Å². The van der Waals surface area contributed by atoms with Crippen LogP contribution in [0.3, 0.4) is 0 Å². The molecule has 3 heterocycles. The molecule has 2 aliphatic heterocycles. The zero-order valence-corrected chi connectivity index (χ0v) is 19.2. The molecule has 11 heteroatoms. The summed E-state index contributed by atoms with van der Waals surface area (Å²) < 4.78 is 66.3. The summed E-state index contributed by atoms with van der Waals surface area (Å²) in [5, 5.41) is 0.173. The number of alkyl halides is 2. The van der Waals surface area contributed by atoms with Crippen LogP contribution in [0, 0.1) is 0 Å². The van der Waals surface area contributed by atoms with Gasteiger partial charge in [-0.05, 0) is 11.6 Å². The molecule has 0 radical (unpaired) electrons. The highest BCUT2D eigenvalue weighted by Crippen LogP contribution is 2.47. The molecule has 0 aliphatic carbocycles. The summed E-state index contributed by atoms with van der Waals surface area (Å²) in [6.07, 6.45) is 1.45. The summed E-state index contributed by atoms with van der Waals surface area (Å²) in [7, 11) is -3.86. The molecule has 0 spiro atoms. The number of fused-ring (bicyclic) bond motifs is 1. The molecule has 1 aromatic heterocycles. The van der Waals surface area contributed by atoms with Crippen molar-refractivity contribution in [3.63, 3.8) is 0 Å². The number of rotatable bonds is 5. The SMILES string of the molecule is O=S(=O)(Nc1ncns1)c1ccc2c(c1)OCC[C@@H]2N1CCC(F)(F)C[C@@H]1c1ccccc1. The molecule has 7 nitrogen and oxygen atoms in total. The number of nitrogens with one attached hydrogen (secondary N) is 1. The number of aromatic nitrogens is 2. The third kappa shape index (κ3) is 4.57. The smallest absolute Gasteiger partial charge is 0.263 e. The minimum Gasteiger partial charge on any atom is -0.493 e. The maximum atomic E-state index is 14.4. The van der Waals surface area contributed by atoms with Crippen LogP contribution in [0.1, 0.15) is 42.5 Å². The van der Waals surface area contributed by atoms with Crippen LogP contribution >= 0.6 is 11.5 Å². The van der Waals surface area contributed by atoms with E-state index in [4.69, 9.17) is 4.74 Å². The summed E-state index contributed by atoms with van der Waals surface area (Å²) >= 11 is 0.940. The van der Waals surface area contributed by atoms with Gasteiger partial charge in [0.2, 0.25) is 5.13 Å². The number of hydrogen-bond donors (Lipinski definition) is 1. The number of nitrogens with zero attached hydrogens (tertiary/aromatic N) is 3. The normalized spacial score (nSPS) is 22.8. The summed E-state index contributed by atoms with van der Waals surface area (Å²) in [6.45, 7) is 0.620. The molecule has 1 N–H and O–H groups in total. The van der Waals surface area contributed by atoms with Gasteiger partial charge in [0, 0.05) is 61.1 Å². The highest BCUT2D eigenvalue weighted by molar-refractivity contribution is 7.93. The third-order valence-corrected chi connectivity index (χ3v) is 8.14. The van der Waals surface area contributed by atoms with Crippen LogP contribution in [0.25, 0.3) is 0 Å². The van der Waals surface area contributed by atoms with Gasteiger partial charge in [-0.3, -0.25) is 9.62 Å². The second kappa shape index (κ2) is 8.62. The van der Waals surface area contributed by atoms with Gasteiger partial charge < -0.3 is 4.74 Å². The molecule has 2 atom stereocenters. The Morgan fingerprint density at radius 1 is 1.15 bits per heavy atom. The summed E-state index contributed by atoms with van der Waals surface area (Å²) in [4.78, 5) is 6.01. The van der Waals surface area contributed by atoms with Crippen LogP contribution < -0.4 is 9.46 Å². The number of benzene rings is 2. The Morgan fingerprint density at radius 2 is 1.97 bits per heavy atom. The van der Waals surface area contributed by atoms with Crippen molar-refractivity contribution in [3.8, 4) is 5.75 Å². The van der Waals surface area contributed by atoms with Gasteiger partial charge in [0.05, 0.1) is 11.5 Å². The quantitative estimate of drug-likeness (QED) is 0.559. The van der Waals surface area contributed by atoms with E-state index in [-0.39, 0.29) is 35.5 Å². The van der Waals surface area contributed by atoms with Crippen molar-refractivity contribution in [2.45, 2.75) is 42.2 Å². The van der Waals surface area contributed by atoms with E-state index in [9.17, 15) is 17.2 Å². The van der Waals surface area contributed by atoms with E-state index in [0.717, 1.165) is 22.7 Å². The van der Waals surface area contributed by atoms with E-state index in [2.05, 4.69) is 19.0 Å². The standard InChI is InChI=1S/C22H22F2N4O3S2/c23-22(24)9-10-28(19(13-22)15-4-2-1-3-5-15)18-8-11-31-20-12-16(6-7-17(18)20)33(29,30)27-21-25-14-26-32-21/h1-7,12,14,18-19H,8-11,13H2,(H,25,26,27)/t18-,19+/m0/s1. The van der Waals surface area contributed by atoms with Crippen LogP contribution in [0.4, 0.5) is 13.9 Å². The van der Waals surface area contributed by atoms with E-state index in [1.807, 2.05) is 30.3 Å². The summed E-state index contributed by atoms with van der Waals surface area (Å²) in [5.41, 5.74) is 1.66. The van der Waals surface area contributed by atoms with E-state index in [1.54, 1.807) is 6.07 Å². The number of anilines is 1. The fourth-order valence-electron chi connectivity index (χ4n) is 4.56. The van der Waals surface area contributed by atoms with Crippen LogP contribution in [-0.2, 0) is 10.0 Å². The fraction of sp³-hybridized carbons (Fsp3) is 0.364. The van der Waals surface area contributed by atoms with Gasteiger partial charge in [-0.15, -0.1) is 0 Å². The third-order valence-electron chi connectivity index (χ3n) is 6.10. The van der Waals surface area contributed by atoms with Gasteiger partial charge in [0.25, 0.3) is 15.9 Å². The van der Waals surface area contributed by atoms with Crippen molar-refractivity contribution in [2.24, 2.45) is 0 Å². The Hall–Kier alpha value is -2.63. The summed E-state index contributed by atoms with van der Waals surface area (Å²) in [5.74, 6) is -2.27. The molecule has 174 valence electrons. The predicted octanol–water partition coefficient (Wildman–Crippen LogP) is 4.63. The lowest BCUT2D eigenvalue weighted by atomic mass is 9.88. The lowest BCUT2D eigenvalue weighted by Gasteiger charge is -2.45. The average Bonchev–Trinajstić information content (AvgIpc) is 3.31. The van der Waals surface area contributed by atoms with Gasteiger partial charge in [-0.1, -0.05) is 36.4 Å². The molecule has 0 amide bonds. The van der Waals surface area contributed by atoms with Gasteiger partial charge in [-0.2, -0.15) is 4.37 Å². The zero-order chi connectivity index (χ0) is 23.1. The second-order valence-electron chi connectivity index (χ2n) is 8.18. The van der Waals surface area contributed by atoms with Crippen molar-refractivity contribution in [1.29, 1.82) is 0 Å². The Kier molecular flexibility index (Phi) is 5.79. The first-order valence-corrected chi connectivity index (χ1v) is 12.8. The highest BCUT2D eigenvalue weighted by Gasteiger charge is 2.44. The molecule has 0 bridgehead atoms. The van der Waals surface area contributed by atoms with Gasteiger partial charge in [-0.25, -0.2) is 22.2 Å². The Bertz CT molecular complexity index is 1220. The van der Waals surface area contributed by atoms with Crippen LogP contribution in [-0.4, -0.2) is 41.7 Å². The van der Waals surface area contributed by atoms with Crippen molar-refractivity contribution < 1.29 is 21.9 Å². The number of sulfonamides is 1. The first-order chi connectivity index (χ1) is 15.8. The number of halogens is 2. The van der Waals surface area contributed by atoms with Gasteiger partial charge >= 0.3 is 0 Å². The monoisotopic (exact) mass is 492 g/mol. The van der Waals surface area contributed by atoms with Crippen molar-refractivity contribution in [1.82, 2.24) is 14.3 Å². The average molecular weight is 493 g/mol. The predicted molar refractivity (Wildman–Crippen MR) is 120 cm³/mol. The molecule has 2 aliphatic rings. The van der Waals surface area contributed by atoms with Crippen molar-refractivity contribution >= 4 is 26.7 Å². The largest absolute Gasteiger partial charge is 0.493 e. The van der Waals surface area contributed by atoms with E-state index >= 15 is 0 Å². The molecule has 1 fully saturated rings. The van der Waals surface area contributed by atoms with Crippen molar-refractivity contribution in [3.05, 3.63) is 66.0 Å². The number of hydrogen-bond acceptors (Lipinski definition) is 7. The fourth-order valence-corrected chi connectivity index (χ4v) is 6.24. The maximum Gasteiger partial charge on any atom is 0.263 e. The van der Waals surface area contributed by atoms with Gasteiger partial charge in [0.1, 0.15) is 12.1 Å². The van der Waals surface area contributed by atoms with Crippen LogP contribution in [0.2, 0.25) is 0 Å². The Balaban J connectivity index is 1.46. The first kappa shape index (κ1) is 22.2. The lowest BCUT2D eigenvalue weighted by Crippen LogP contribution is -2.44. The maximum absolute atomic E-state index is 14.4. The van der Waals surface area contributed by atoms with E-state index in [0.29, 0.717) is 18.8 Å². The molecule has 3 aromatic rings.